The second kappa shape index (κ2) is 7.85. The molecule has 1 unspecified atom stereocenters. The van der Waals surface area contributed by atoms with Gasteiger partial charge in [-0.05, 0) is 64.8 Å². The van der Waals surface area contributed by atoms with Crippen LogP contribution in [-0.4, -0.2) is 23.2 Å². The summed E-state index contributed by atoms with van der Waals surface area (Å²) in [7, 11) is 0. The maximum Gasteiger partial charge on any atom is 0.237 e. The van der Waals surface area contributed by atoms with Crippen LogP contribution in [0.5, 0.6) is 0 Å². The molecule has 0 aromatic heterocycles. The van der Waals surface area contributed by atoms with Crippen molar-refractivity contribution >= 4 is 17.7 Å². The van der Waals surface area contributed by atoms with E-state index in [9.17, 15) is 4.79 Å². The minimum atomic E-state index is -0.615. The Labute approximate surface area is 133 Å². The number of nitrogens with one attached hydrogen (secondary N) is 1. The second-order valence-electron chi connectivity index (χ2n) is 6.22. The quantitative estimate of drug-likeness (QED) is 0.571. The Morgan fingerprint density at radius 1 is 1.38 bits per heavy atom. The number of hydrogen-bond donors (Lipinski definition) is 2. The molecule has 1 amide bonds. The van der Waals surface area contributed by atoms with E-state index in [0.717, 1.165) is 18.6 Å². The number of carbonyl (C=O) groups excluding carboxylic acids is 1. The number of aryl methyl sites for hydroxylation is 2. The average Bonchev–Trinajstić information content (AvgIpc) is 2.37. The molecule has 0 spiro atoms. The Morgan fingerprint density at radius 3 is 2.62 bits per heavy atom. The third kappa shape index (κ3) is 5.71. The van der Waals surface area contributed by atoms with Crippen molar-refractivity contribution in [1.82, 2.24) is 5.32 Å². The molecule has 1 aromatic rings. The van der Waals surface area contributed by atoms with Crippen LogP contribution in [0.15, 0.2) is 23.1 Å². The molecule has 0 aliphatic rings. The summed E-state index contributed by atoms with van der Waals surface area (Å²) in [5, 5.41) is 3.29. The van der Waals surface area contributed by atoms with Crippen molar-refractivity contribution < 1.29 is 4.79 Å². The summed E-state index contributed by atoms with van der Waals surface area (Å²) in [6.07, 6.45) is 1.72. The lowest BCUT2D eigenvalue weighted by atomic mass is 9.94. The van der Waals surface area contributed by atoms with Crippen LogP contribution in [0.2, 0.25) is 0 Å². The zero-order chi connectivity index (χ0) is 16.0. The molecule has 3 nitrogen and oxygen atoms in total. The van der Waals surface area contributed by atoms with Crippen molar-refractivity contribution in [2.24, 2.45) is 5.73 Å². The van der Waals surface area contributed by atoms with Crippen LogP contribution < -0.4 is 11.1 Å². The molecule has 1 rings (SSSR count). The predicted octanol–water partition coefficient (Wildman–Crippen LogP) is 3.42. The Kier molecular flexibility index (Phi) is 6.75. The molecule has 1 aromatic carbocycles. The monoisotopic (exact) mass is 308 g/mol. The molecule has 4 heteroatoms. The first kappa shape index (κ1) is 18.1. The zero-order valence-corrected chi connectivity index (χ0v) is 14.6. The van der Waals surface area contributed by atoms with Crippen LogP contribution in [0.4, 0.5) is 0 Å². The van der Waals surface area contributed by atoms with E-state index in [1.54, 1.807) is 0 Å². The molecule has 0 saturated heterocycles. The van der Waals surface area contributed by atoms with Crippen LogP contribution in [-0.2, 0) is 4.79 Å². The van der Waals surface area contributed by atoms with E-state index in [1.165, 1.54) is 16.0 Å². The topological polar surface area (TPSA) is 55.1 Å². The van der Waals surface area contributed by atoms with E-state index < -0.39 is 5.54 Å². The first-order valence-corrected chi connectivity index (χ1v) is 8.51. The molecule has 0 fully saturated rings. The Balaban J connectivity index is 2.51. The normalized spacial score (nSPS) is 14.2. The minimum absolute atomic E-state index is 0.245. The van der Waals surface area contributed by atoms with Crippen molar-refractivity contribution in [3.8, 4) is 0 Å². The first-order valence-electron chi connectivity index (χ1n) is 7.52. The maximum absolute atomic E-state index is 11.7. The van der Waals surface area contributed by atoms with Gasteiger partial charge in [-0.1, -0.05) is 17.7 Å². The van der Waals surface area contributed by atoms with Gasteiger partial charge in [0.05, 0.1) is 5.54 Å². The van der Waals surface area contributed by atoms with Gasteiger partial charge >= 0.3 is 0 Å². The van der Waals surface area contributed by atoms with E-state index >= 15 is 0 Å². The molecular formula is C17H28N2OS. The third-order valence-electron chi connectivity index (χ3n) is 3.57. The lowest BCUT2D eigenvalue weighted by molar-refractivity contribution is -0.124. The number of rotatable bonds is 8. The fourth-order valence-corrected chi connectivity index (χ4v) is 3.45. The highest BCUT2D eigenvalue weighted by Crippen LogP contribution is 2.25. The molecular weight excluding hydrogens is 280 g/mol. The van der Waals surface area contributed by atoms with E-state index in [2.05, 4.69) is 37.4 Å². The number of thioether (sulfide) groups is 1. The van der Waals surface area contributed by atoms with Crippen LogP contribution >= 0.6 is 11.8 Å². The van der Waals surface area contributed by atoms with Crippen molar-refractivity contribution in [1.29, 1.82) is 0 Å². The number of nitrogens with two attached hydrogens (primary N) is 1. The summed E-state index contributed by atoms with van der Waals surface area (Å²) >= 11 is 1.85. The molecule has 118 valence electrons. The van der Waals surface area contributed by atoms with Crippen molar-refractivity contribution in [3.05, 3.63) is 29.3 Å². The number of carbonyl (C=O) groups is 1. The van der Waals surface area contributed by atoms with Crippen molar-refractivity contribution in [2.75, 3.05) is 5.75 Å². The fourth-order valence-electron chi connectivity index (χ4n) is 2.37. The van der Waals surface area contributed by atoms with Crippen LogP contribution in [0.1, 0.15) is 44.7 Å². The molecule has 0 aliphatic heterocycles. The standard InChI is InChI=1S/C17H28N2OS/c1-12(2)19-17(5,16(18)20)9-6-10-21-15-11-13(3)7-8-14(15)4/h7-8,11-12,19H,6,9-10H2,1-5H3,(H2,18,20). The lowest BCUT2D eigenvalue weighted by Gasteiger charge is -2.29. The summed E-state index contributed by atoms with van der Waals surface area (Å²) in [6.45, 7) is 10.2. The van der Waals surface area contributed by atoms with Gasteiger partial charge in [0.1, 0.15) is 0 Å². The number of amides is 1. The summed E-state index contributed by atoms with van der Waals surface area (Å²) in [5.74, 6) is 0.723. The number of hydrogen-bond acceptors (Lipinski definition) is 3. The second-order valence-corrected chi connectivity index (χ2v) is 7.35. The molecule has 1 atom stereocenters. The number of benzene rings is 1. The molecule has 0 aliphatic carbocycles. The van der Waals surface area contributed by atoms with Crippen molar-refractivity contribution in [3.63, 3.8) is 0 Å². The van der Waals surface area contributed by atoms with Crippen LogP contribution in [0.3, 0.4) is 0 Å². The largest absolute Gasteiger partial charge is 0.368 e. The fraction of sp³-hybridized carbons (Fsp3) is 0.588. The SMILES string of the molecule is Cc1ccc(C)c(SCCCC(C)(NC(C)C)C(N)=O)c1. The maximum atomic E-state index is 11.7. The van der Waals surface area contributed by atoms with E-state index in [-0.39, 0.29) is 11.9 Å². The van der Waals surface area contributed by atoms with Gasteiger partial charge in [0, 0.05) is 10.9 Å². The Hall–Kier alpha value is -1.00. The van der Waals surface area contributed by atoms with Gasteiger partial charge in [0.2, 0.25) is 5.91 Å². The highest BCUT2D eigenvalue weighted by Gasteiger charge is 2.30. The van der Waals surface area contributed by atoms with E-state index in [1.807, 2.05) is 32.5 Å². The van der Waals surface area contributed by atoms with Gasteiger partial charge in [0.15, 0.2) is 0 Å². The Bertz CT molecular complexity index is 488. The lowest BCUT2D eigenvalue weighted by Crippen LogP contribution is -2.55. The molecule has 21 heavy (non-hydrogen) atoms. The highest BCUT2D eigenvalue weighted by atomic mass is 32.2. The zero-order valence-electron chi connectivity index (χ0n) is 13.8. The van der Waals surface area contributed by atoms with E-state index in [0.29, 0.717) is 0 Å². The van der Waals surface area contributed by atoms with Gasteiger partial charge < -0.3 is 11.1 Å². The molecule has 0 bridgehead atoms. The van der Waals surface area contributed by atoms with Crippen LogP contribution in [0, 0.1) is 13.8 Å². The Morgan fingerprint density at radius 2 is 2.05 bits per heavy atom. The molecule has 0 heterocycles. The van der Waals surface area contributed by atoms with Gasteiger partial charge in [-0.25, -0.2) is 0 Å². The van der Waals surface area contributed by atoms with Gasteiger partial charge in [0.25, 0.3) is 0 Å². The van der Waals surface area contributed by atoms with Crippen molar-refractivity contribution in [2.45, 2.75) is 63.9 Å². The summed E-state index contributed by atoms with van der Waals surface area (Å²) < 4.78 is 0. The molecule has 0 saturated carbocycles. The first-order chi connectivity index (χ1) is 9.74. The summed E-state index contributed by atoms with van der Waals surface area (Å²) in [4.78, 5) is 13.0. The predicted molar refractivity (Wildman–Crippen MR) is 91.7 cm³/mol. The summed E-state index contributed by atoms with van der Waals surface area (Å²) in [6, 6.07) is 6.76. The third-order valence-corrected chi connectivity index (χ3v) is 4.82. The van der Waals surface area contributed by atoms with Gasteiger partial charge in [-0.15, -0.1) is 11.8 Å². The smallest absolute Gasteiger partial charge is 0.237 e. The highest BCUT2D eigenvalue weighted by molar-refractivity contribution is 7.99. The minimum Gasteiger partial charge on any atom is -0.368 e. The average molecular weight is 308 g/mol. The van der Waals surface area contributed by atoms with E-state index in [4.69, 9.17) is 5.73 Å². The number of primary amides is 1. The van der Waals surface area contributed by atoms with Crippen LogP contribution in [0.25, 0.3) is 0 Å². The summed E-state index contributed by atoms with van der Waals surface area (Å²) in [5.41, 5.74) is 7.53. The van der Waals surface area contributed by atoms with Gasteiger partial charge in [-0.3, -0.25) is 4.79 Å². The molecule has 3 N–H and O–H groups in total. The van der Waals surface area contributed by atoms with Gasteiger partial charge in [-0.2, -0.15) is 0 Å². The molecule has 0 radical (unpaired) electrons.